The lowest BCUT2D eigenvalue weighted by Crippen LogP contribution is -2.25. The van der Waals surface area contributed by atoms with Gasteiger partial charge in [0.05, 0.1) is 26.9 Å². The third-order valence-electron chi connectivity index (χ3n) is 3.93. The van der Waals surface area contributed by atoms with Gasteiger partial charge in [-0.25, -0.2) is 0 Å². The van der Waals surface area contributed by atoms with Gasteiger partial charge in [-0.3, -0.25) is 4.79 Å². The molecule has 1 amide bonds. The van der Waals surface area contributed by atoms with Crippen LogP contribution in [0, 0.1) is 0 Å². The number of rotatable bonds is 8. The van der Waals surface area contributed by atoms with Gasteiger partial charge in [-0.2, -0.15) is 0 Å². The second kappa shape index (κ2) is 9.33. The summed E-state index contributed by atoms with van der Waals surface area (Å²) in [7, 11) is 4.58. The molecule has 140 valence electrons. The third kappa shape index (κ3) is 4.60. The van der Waals surface area contributed by atoms with Crippen LogP contribution in [-0.2, 0) is 6.42 Å². The first-order valence-corrected chi connectivity index (χ1v) is 8.85. The number of halogens is 1. The number of methoxy groups -OCH3 is 3. The Balaban J connectivity index is 1.95. The molecule has 0 heterocycles. The zero-order valence-corrected chi connectivity index (χ0v) is 16.6. The zero-order chi connectivity index (χ0) is 19.1. The van der Waals surface area contributed by atoms with Crippen molar-refractivity contribution in [1.29, 1.82) is 0 Å². The van der Waals surface area contributed by atoms with Crippen molar-refractivity contribution in [3.63, 3.8) is 0 Å². The Bertz CT molecular complexity index is 779. The largest absolute Gasteiger partial charge is 0.504 e. The summed E-state index contributed by atoms with van der Waals surface area (Å²) >= 11 is 3.38. The van der Waals surface area contributed by atoms with E-state index in [0.29, 0.717) is 46.7 Å². The summed E-state index contributed by atoms with van der Waals surface area (Å²) in [5.74, 6) is 1.41. The smallest absolute Gasteiger partial charge is 0.252 e. The number of aromatic hydroxyl groups is 1. The van der Waals surface area contributed by atoms with E-state index in [4.69, 9.17) is 14.2 Å². The van der Waals surface area contributed by atoms with E-state index in [9.17, 15) is 9.90 Å². The first-order chi connectivity index (χ1) is 12.5. The van der Waals surface area contributed by atoms with Gasteiger partial charge < -0.3 is 24.6 Å². The summed E-state index contributed by atoms with van der Waals surface area (Å²) < 4.78 is 16.2. The number of amides is 1. The van der Waals surface area contributed by atoms with Crippen LogP contribution in [0.5, 0.6) is 23.0 Å². The number of aryl methyl sites for hydroxylation is 1. The maximum Gasteiger partial charge on any atom is 0.252 e. The van der Waals surface area contributed by atoms with Crippen LogP contribution in [-0.4, -0.2) is 38.9 Å². The minimum absolute atomic E-state index is 0.143. The highest BCUT2D eigenvalue weighted by molar-refractivity contribution is 9.10. The highest BCUT2D eigenvalue weighted by Gasteiger charge is 2.15. The average molecular weight is 424 g/mol. The fraction of sp³-hybridized carbons (Fsp3) is 0.316. The van der Waals surface area contributed by atoms with Crippen molar-refractivity contribution in [2.75, 3.05) is 27.9 Å². The van der Waals surface area contributed by atoms with E-state index in [1.54, 1.807) is 18.2 Å². The van der Waals surface area contributed by atoms with E-state index in [1.165, 1.54) is 21.3 Å². The van der Waals surface area contributed by atoms with Gasteiger partial charge in [0.1, 0.15) is 0 Å². The van der Waals surface area contributed by atoms with Gasteiger partial charge in [0, 0.05) is 11.0 Å². The lowest BCUT2D eigenvalue weighted by molar-refractivity contribution is 0.0952. The number of carbonyl (C=O) groups excluding carboxylic acids is 1. The number of ether oxygens (including phenoxy) is 3. The van der Waals surface area contributed by atoms with Crippen LogP contribution in [0.15, 0.2) is 34.8 Å². The molecule has 0 saturated carbocycles. The second-order valence-corrected chi connectivity index (χ2v) is 6.37. The number of phenols is 1. The molecule has 26 heavy (non-hydrogen) atoms. The van der Waals surface area contributed by atoms with Crippen molar-refractivity contribution < 1.29 is 24.1 Å². The fourth-order valence-corrected chi connectivity index (χ4v) is 3.04. The predicted molar refractivity (Wildman–Crippen MR) is 103 cm³/mol. The van der Waals surface area contributed by atoms with E-state index < -0.39 is 0 Å². The topological polar surface area (TPSA) is 77.0 Å². The van der Waals surface area contributed by atoms with E-state index in [0.717, 1.165) is 5.56 Å². The fourth-order valence-electron chi connectivity index (χ4n) is 2.54. The SMILES string of the molecule is COc1cc(Br)c(C(=O)NCCCc2cccc(OC)c2O)cc1OC. The highest BCUT2D eigenvalue weighted by atomic mass is 79.9. The van der Waals surface area contributed by atoms with Crippen molar-refractivity contribution in [1.82, 2.24) is 5.32 Å². The summed E-state index contributed by atoms with van der Waals surface area (Å²) in [5, 5.41) is 12.9. The summed E-state index contributed by atoms with van der Waals surface area (Å²) in [6.45, 7) is 0.469. The normalized spacial score (nSPS) is 10.3. The van der Waals surface area contributed by atoms with E-state index in [1.807, 2.05) is 12.1 Å². The van der Waals surface area contributed by atoms with Crippen molar-refractivity contribution in [3.05, 3.63) is 45.9 Å². The molecular formula is C19H22BrNO5. The van der Waals surface area contributed by atoms with Gasteiger partial charge in [-0.15, -0.1) is 0 Å². The Kier molecular flexibility index (Phi) is 7.15. The van der Waals surface area contributed by atoms with Gasteiger partial charge >= 0.3 is 0 Å². The van der Waals surface area contributed by atoms with Crippen LogP contribution in [0.4, 0.5) is 0 Å². The molecule has 0 aromatic heterocycles. The van der Waals surface area contributed by atoms with E-state index in [-0.39, 0.29) is 11.7 Å². The van der Waals surface area contributed by atoms with Crippen molar-refractivity contribution >= 4 is 21.8 Å². The Morgan fingerprint density at radius 3 is 2.38 bits per heavy atom. The maximum absolute atomic E-state index is 12.4. The molecule has 6 nitrogen and oxygen atoms in total. The molecule has 0 bridgehead atoms. The molecule has 0 fully saturated rings. The highest BCUT2D eigenvalue weighted by Crippen LogP contribution is 2.33. The third-order valence-corrected chi connectivity index (χ3v) is 4.58. The first kappa shape index (κ1) is 19.9. The lowest BCUT2D eigenvalue weighted by atomic mass is 10.1. The van der Waals surface area contributed by atoms with Crippen LogP contribution in [0.3, 0.4) is 0 Å². The van der Waals surface area contributed by atoms with Crippen LogP contribution < -0.4 is 19.5 Å². The van der Waals surface area contributed by atoms with Crippen LogP contribution >= 0.6 is 15.9 Å². The van der Waals surface area contributed by atoms with E-state index >= 15 is 0 Å². The van der Waals surface area contributed by atoms with Gasteiger partial charge in [-0.1, -0.05) is 12.1 Å². The Morgan fingerprint density at radius 1 is 1.08 bits per heavy atom. The molecule has 0 spiro atoms. The van der Waals surface area contributed by atoms with Gasteiger partial charge in [0.25, 0.3) is 5.91 Å². The molecule has 2 aromatic rings. The molecular weight excluding hydrogens is 402 g/mol. The molecule has 7 heteroatoms. The maximum atomic E-state index is 12.4. The van der Waals surface area contributed by atoms with Gasteiger partial charge in [0.2, 0.25) is 0 Å². The number of nitrogens with one attached hydrogen (secondary N) is 1. The molecule has 0 aliphatic carbocycles. The molecule has 0 radical (unpaired) electrons. The summed E-state index contributed by atoms with van der Waals surface area (Å²) in [5.41, 5.74) is 1.25. The first-order valence-electron chi connectivity index (χ1n) is 8.06. The van der Waals surface area contributed by atoms with Crippen LogP contribution in [0.2, 0.25) is 0 Å². The number of para-hydroxylation sites is 1. The Labute approximate surface area is 161 Å². The minimum Gasteiger partial charge on any atom is -0.504 e. The summed E-state index contributed by atoms with van der Waals surface area (Å²) in [6.07, 6.45) is 1.30. The van der Waals surface area contributed by atoms with Crippen molar-refractivity contribution in [2.45, 2.75) is 12.8 Å². The second-order valence-electron chi connectivity index (χ2n) is 5.51. The molecule has 0 aliphatic rings. The summed E-state index contributed by atoms with van der Waals surface area (Å²) in [6, 6.07) is 8.70. The number of phenolic OH excluding ortho intramolecular Hbond substituents is 1. The zero-order valence-electron chi connectivity index (χ0n) is 15.0. The standard InChI is InChI=1S/C19H22BrNO5/c1-24-15-8-4-6-12(18(15)22)7-5-9-21-19(23)13-10-16(25-2)17(26-3)11-14(13)20/h4,6,8,10-11,22H,5,7,9H2,1-3H3,(H,21,23). The molecule has 2 rings (SSSR count). The number of hydrogen-bond donors (Lipinski definition) is 2. The van der Waals surface area contributed by atoms with Crippen molar-refractivity contribution in [2.24, 2.45) is 0 Å². The molecule has 0 unspecified atom stereocenters. The number of hydrogen-bond acceptors (Lipinski definition) is 5. The quantitative estimate of drug-likeness (QED) is 0.634. The number of benzene rings is 2. The lowest BCUT2D eigenvalue weighted by Gasteiger charge is -2.12. The Morgan fingerprint density at radius 2 is 1.73 bits per heavy atom. The Hall–Kier alpha value is -2.41. The molecule has 2 aromatic carbocycles. The van der Waals surface area contributed by atoms with Gasteiger partial charge in [0.15, 0.2) is 23.0 Å². The predicted octanol–water partition coefficient (Wildman–Crippen LogP) is 3.54. The minimum atomic E-state index is -0.215. The molecule has 0 aliphatic heterocycles. The molecule has 0 atom stereocenters. The molecule has 0 saturated heterocycles. The molecule has 2 N–H and O–H groups in total. The summed E-state index contributed by atoms with van der Waals surface area (Å²) in [4.78, 5) is 12.4. The monoisotopic (exact) mass is 423 g/mol. The van der Waals surface area contributed by atoms with Crippen molar-refractivity contribution in [3.8, 4) is 23.0 Å². The van der Waals surface area contributed by atoms with Crippen LogP contribution in [0.25, 0.3) is 0 Å². The van der Waals surface area contributed by atoms with E-state index in [2.05, 4.69) is 21.2 Å². The number of carbonyl (C=O) groups is 1. The van der Waals surface area contributed by atoms with Gasteiger partial charge in [-0.05, 0) is 52.5 Å². The van der Waals surface area contributed by atoms with Crippen LogP contribution in [0.1, 0.15) is 22.3 Å². The average Bonchev–Trinajstić information content (AvgIpc) is 2.65.